The molecule has 0 aromatic carbocycles. The van der Waals surface area contributed by atoms with Crippen LogP contribution in [-0.2, 0) is 4.79 Å². The van der Waals surface area contributed by atoms with Gasteiger partial charge in [0, 0.05) is 24.2 Å². The van der Waals surface area contributed by atoms with Gasteiger partial charge in [0.25, 0.3) is 0 Å². The van der Waals surface area contributed by atoms with Crippen LogP contribution in [0.2, 0.25) is 0 Å². The van der Waals surface area contributed by atoms with Crippen molar-refractivity contribution in [2.45, 2.75) is 44.1 Å². The summed E-state index contributed by atoms with van der Waals surface area (Å²) in [5.41, 5.74) is 0. The molecule has 1 atom stereocenters. The number of rotatable bonds is 3. The summed E-state index contributed by atoms with van der Waals surface area (Å²) in [5, 5.41) is 15.6. The van der Waals surface area contributed by atoms with E-state index in [1.165, 1.54) is 37.0 Å². The zero-order valence-corrected chi connectivity index (χ0v) is 13.4. The van der Waals surface area contributed by atoms with Crippen LogP contribution in [-0.4, -0.2) is 41.5 Å². The number of nitriles is 1. The minimum absolute atomic E-state index is 0.107. The van der Waals surface area contributed by atoms with E-state index in [1.54, 1.807) is 16.2 Å². The van der Waals surface area contributed by atoms with Crippen LogP contribution < -0.4 is 10.6 Å². The Hall–Kier alpha value is -1.65. The Bertz CT molecular complexity index is 561. The molecule has 2 heterocycles. The predicted octanol–water partition coefficient (Wildman–Crippen LogP) is 1.88. The molecule has 7 heteroatoms. The highest BCUT2D eigenvalue weighted by Crippen LogP contribution is 2.36. The number of hydrogen-bond acceptors (Lipinski definition) is 6. The highest BCUT2D eigenvalue weighted by atomic mass is 32.1. The average Bonchev–Trinajstić information content (AvgIpc) is 3.04. The first kappa shape index (κ1) is 15.3. The predicted molar refractivity (Wildman–Crippen MR) is 85.5 cm³/mol. The third-order valence-electron chi connectivity index (χ3n) is 4.39. The first-order chi connectivity index (χ1) is 10.8. The number of thiazole rings is 1. The topological polar surface area (TPSA) is 81.0 Å². The number of piperazine rings is 1. The van der Waals surface area contributed by atoms with Gasteiger partial charge in [0.1, 0.15) is 6.04 Å². The molecule has 1 aliphatic heterocycles. The standard InChI is InChI=1S/C15H21N5OS/c16-10-20-7-6-17-12(9-20)14(21)19-15-18-8-13(22-15)11-4-2-1-3-5-11/h8,11-12,17H,1-7,9H2,(H,18,19,21)/t12-/m1/s1. The molecule has 1 aromatic rings. The number of hydrogen-bond donors (Lipinski definition) is 2. The lowest BCUT2D eigenvalue weighted by Crippen LogP contribution is -2.54. The van der Waals surface area contributed by atoms with E-state index in [0.717, 1.165) is 0 Å². The van der Waals surface area contributed by atoms with Gasteiger partial charge in [-0.2, -0.15) is 5.26 Å². The molecular weight excluding hydrogens is 298 g/mol. The van der Waals surface area contributed by atoms with Crippen LogP contribution in [0, 0.1) is 11.5 Å². The molecule has 0 bridgehead atoms. The summed E-state index contributed by atoms with van der Waals surface area (Å²) >= 11 is 1.59. The van der Waals surface area contributed by atoms with Crippen LogP contribution in [0.25, 0.3) is 0 Å². The highest BCUT2D eigenvalue weighted by molar-refractivity contribution is 7.15. The fourth-order valence-corrected chi connectivity index (χ4v) is 4.12. The van der Waals surface area contributed by atoms with E-state index in [1.807, 2.05) is 6.20 Å². The summed E-state index contributed by atoms with van der Waals surface area (Å²) in [6.07, 6.45) is 10.4. The number of aromatic nitrogens is 1. The Morgan fingerprint density at radius 1 is 1.45 bits per heavy atom. The second-order valence-corrected chi connectivity index (χ2v) is 7.01. The second kappa shape index (κ2) is 7.07. The fraction of sp³-hybridized carbons (Fsp3) is 0.667. The molecule has 1 aliphatic carbocycles. The summed E-state index contributed by atoms with van der Waals surface area (Å²) in [5.74, 6) is 0.503. The third kappa shape index (κ3) is 3.57. The maximum atomic E-state index is 12.3. The first-order valence-electron chi connectivity index (χ1n) is 7.91. The average molecular weight is 319 g/mol. The number of carbonyl (C=O) groups is 1. The minimum atomic E-state index is -0.351. The van der Waals surface area contributed by atoms with Gasteiger partial charge in [-0.05, 0) is 18.8 Å². The molecule has 0 spiro atoms. The molecule has 3 rings (SSSR count). The van der Waals surface area contributed by atoms with E-state index < -0.39 is 0 Å². The van der Waals surface area contributed by atoms with Gasteiger partial charge in [0.05, 0.1) is 6.54 Å². The van der Waals surface area contributed by atoms with Crippen molar-refractivity contribution in [3.8, 4) is 6.19 Å². The number of nitrogens with one attached hydrogen (secondary N) is 2. The van der Waals surface area contributed by atoms with Crippen molar-refractivity contribution in [2.24, 2.45) is 0 Å². The van der Waals surface area contributed by atoms with Crippen molar-refractivity contribution in [2.75, 3.05) is 25.0 Å². The van der Waals surface area contributed by atoms with E-state index >= 15 is 0 Å². The van der Waals surface area contributed by atoms with Crippen molar-refractivity contribution in [1.82, 2.24) is 15.2 Å². The number of nitrogens with zero attached hydrogens (tertiary/aromatic N) is 3. The molecular formula is C15H21N5OS. The third-order valence-corrected chi connectivity index (χ3v) is 5.47. The summed E-state index contributed by atoms with van der Waals surface area (Å²) in [7, 11) is 0. The molecule has 1 aromatic heterocycles. The lowest BCUT2D eigenvalue weighted by Gasteiger charge is -2.28. The molecule has 0 unspecified atom stereocenters. The van der Waals surface area contributed by atoms with Crippen LogP contribution in [0.3, 0.4) is 0 Å². The van der Waals surface area contributed by atoms with Gasteiger partial charge in [0.2, 0.25) is 5.91 Å². The lowest BCUT2D eigenvalue weighted by molar-refractivity contribution is -0.118. The number of carbonyl (C=O) groups excluding carboxylic acids is 1. The summed E-state index contributed by atoms with van der Waals surface area (Å²) in [6.45, 7) is 1.73. The van der Waals surface area contributed by atoms with Gasteiger partial charge in [-0.1, -0.05) is 19.3 Å². The lowest BCUT2D eigenvalue weighted by atomic mass is 9.89. The van der Waals surface area contributed by atoms with E-state index in [9.17, 15) is 4.79 Å². The van der Waals surface area contributed by atoms with Gasteiger partial charge in [-0.3, -0.25) is 4.79 Å². The summed E-state index contributed by atoms with van der Waals surface area (Å²) in [6, 6.07) is -0.351. The zero-order chi connectivity index (χ0) is 15.4. The Morgan fingerprint density at radius 3 is 3.05 bits per heavy atom. The quantitative estimate of drug-likeness (QED) is 0.832. The van der Waals surface area contributed by atoms with E-state index in [2.05, 4.69) is 21.8 Å². The van der Waals surface area contributed by atoms with Crippen LogP contribution in [0.1, 0.15) is 42.9 Å². The van der Waals surface area contributed by atoms with Crippen molar-refractivity contribution < 1.29 is 4.79 Å². The van der Waals surface area contributed by atoms with Gasteiger partial charge < -0.3 is 15.5 Å². The summed E-state index contributed by atoms with van der Waals surface area (Å²) in [4.78, 5) is 19.5. The van der Waals surface area contributed by atoms with Crippen LogP contribution >= 0.6 is 11.3 Å². The first-order valence-corrected chi connectivity index (χ1v) is 8.72. The molecule has 2 fully saturated rings. The molecule has 1 saturated heterocycles. The van der Waals surface area contributed by atoms with E-state index in [0.29, 0.717) is 30.7 Å². The molecule has 1 amide bonds. The Kier molecular flexibility index (Phi) is 4.90. The van der Waals surface area contributed by atoms with E-state index in [-0.39, 0.29) is 11.9 Å². The number of anilines is 1. The summed E-state index contributed by atoms with van der Waals surface area (Å²) < 4.78 is 0. The molecule has 22 heavy (non-hydrogen) atoms. The molecule has 2 N–H and O–H groups in total. The highest BCUT2D eigenvalue weighted by Gasteiger charge is 2.26. The van der Waals surface area contributed by atoms with E-state index in [4.69, 9.17) is 5.26 Å². The van der Waals surface area contributed by atoms with Gasteiger partial charge >= 0.3 is 0 Å². The van der Waals surface area contributed by atoms with Crippen LogP contribution in [0.15, 0.2) is 6.20 Å². The molecule has 118 valence electrons. The van der Waals surface area contributed by atoms with Crippen molar-refractivity contribution >= 4 is 22.4 Å². The monoisotopic (exact) mass is 319 g/mol. The second-order valence-electron chi connectivity index (χ2n) is 5.94. The van der Waals surface area contributed by atoms with Crippen molar-refractivity contribution in [3.05, 3.63) is 11.1 Å². The molecule has 1 saturated carbocycles. The van der Waals surface area contributed by atoms with Crippen molar-refractivity contribution in [3.63, 3.8) is 0 Å². The molecule has 6 nitrogen and oxygen atoms in total. The zero-order valence-electron chi connectivity index (χ0n) is 12.5. The van der Waals surface area contributed by atoms with Crippen LogP contribution in [0.4, 0.5) is 5.13 Å². The maximum Gasteiger partial charge on any atom is 0.245 e. The molecule has 0 radical (unpaired) electrons. The van der Waals surface area contributed by atoms with Crippen LogP contribution in [0.5, 0.6) is 0 Å². The number of amides is 1. The minimum Gasteiger partial charge on any atom is -0.307 e. The SMILES string of the molecule is N#CN1CCN[C@@H](C(=O)Nc2ncc(C3CCCCC3)s2)C1. The normalized spacial score (nSPS) is 23.0. The Balaban J connectivity index is 1.57. The van der Waals surface area contributed by atoms with Gasteiger partial charge in [0.15, 0.2) is 11.3 Å². The van der Waals surface area contributed by atoms with Crippen molar-refractivity contribution in [1.29, 1.82) is 5.26 Å². The smallest absolute Gasteiger partial charge is 0.245 e. The van der Waals surface area contributed by atoms with Gasteiger partial charge in [-0.25, -0.2) is 4.98 Å². The Labute approximate surface area is 134 Å². The fourth-order valence-electron chi connectivity index (χ4n) is 3.13. The Morgan fingerprint density at radius 2 is 2.27 bits per heavy atom. The van der Waals surface area contributed by atoms with Gasteiger partial charge in [-0.15, -0.1) is 11.3 Å². The molecule has 2 aliphatic rings. The maximum absolute atomic E-state index is 12.3. The largest absolute Gasteiger partial charge is 0.307 e.